The van der Waals surface area contributed by atoms with Gasteiger partial charge in [-0.25, -0.2) is 4.79 Å². The normalized spacial score (nSPS) is 14.4. The van der Waals surface area contributed by atoms with Gasteiger partial charge in [-0.1, -0.05) is 19.1 Å². The van der Waals surface area contributed by atoms with Crippen molar-refractivity contribution in [3.05, 3.63) is 24.3 Å². The van der Waals surface area contributed by atoms with Crippen LogP contribution in [0.4, 0.5) is 10.5 Å². The maximum Gasteiger partial charge on any atom is 0.321 e. The van der Waals surface area contributed by atoms with E-state index >= 15 is 0 Å². The highest BCUT2D eigenvalue weighted by molar-refractivity contribution is 6.35. The van der Waals surface area contributed by atoms with Gasteiger partial charge < -0.3 is 25.6 Å². The van der Waals surface area contributed by atoms with Crippen LogP contribution in [0.5, 0.6) is 5.75 Å². The van der Waals surface area contributed by atoms with Crippen LogP contribution in [-0.4, -0.2) is 56.0 Å². The topological polar surface area (TPSA) is 99.8 Å². The minimum Gasteiger partial charge on any atom is -0.495 e. The summed E-state index contributed by atoms with van der Waals surface area (Å²) in [5, 5.41) is 8.10. The number of amides is 4. The Labute approximate surface area is 159 Å². The third-order valence-corrected chi connectivity index (χ3v) is 4.54. The van der Waals surface area contributed by atoms with E-state index in [9.17, 15) is 14.4 Å². The second-order valence-electron chi connectivity index (χ2n) is 6.53. The number of rotatable bonds is 6. The average Bonchev–Trinajstić information content (AvgIpc) is 2.70. The molecule has 1 aromatic carbocycles. The number of methoxy groups -OCH3 is 1. The predicted octanol–water partition coefficient (Wildman–Crippen LogP) is 1.58. The highest BCUT2D eigenvalue weighted by Gasteiger charge is 2.24. The van der Waals surface area contributed by atoms with Gasteiger partial charge >= 0.3 is 17.8 Å². The molecule has 148 valence electrons. The molecule has 0 radical (unpaired) electrons. The maximum atomic E-state index is 12.4. The molecule has 0 unspecified atom stereocenters. The largest absolute Gasteiger partial charge is 0.495 e. The monoisotopic (exact) mass is 376 g/mol. The molecule has 8 nitrogen and oxygen atoms in total. The minimum atomic E-state index is -0.597. The Morgan fingerprint density at radius 3 is 2.44 bits per heavy atom. The Morgan fingerprint density at radius 2 is 1.78 bits per heavy atom. The van der Waals surface area contributed by atoms with Crippen LogP contribution in [0, 0.1) is 5.92 Å². The molecular weight excluding hydrogens is 348 g/mol. The van der Waals surface area contributed by atoms with Crippen molar-refractivity contribution in [3.8, 4) is 5.75 Å². The number of hydrogen-bond donors (Lipinski definition) is 3. The lowest BCUT2D eigenvalue weighted by Crippen LogP contribution is -2.45. The van der Waals surface area contributed by atoms with Gasteiger partial charge in [0.1, 0.15) is 5.75 Å². The second-order valence-corrected chi connectivity index (χ2v) is 6.53. The molecule has 1 aliphatic heterocycles. The van der Waals surface area contributed by atoms with E-state index in [1.807, 2.05) is 19.1 Å². The summed E-state index contributed by atoms with van der Waals surface area (Å²) >= 11 is 0. The number of urea groups is 1. The standard InChI is InChI=1S/C19H28N4O4/c1-3-10-20-17(24)18(25)21-13-14-8-11-23(12-9-14)19(26)22-15-6-4-5-7-16(15)27-2/h4-7,14H,3,8-13H2,1-2H3,(H,20,24)(H,21,25)(H,22,26). The first kappa shape index (κ1) is 20.5. The number of nitrogens with zero attached hydrogens (tertiary/aromatic N) is 1. The first-order chi connectivity index (χ1) is 13.0. The SMILES string of the molecule is CCCNC(=O)C(=O)NCC1CCN(C(=O)Nc2ccccc2OC)CC1. The summed E-state index contributed by atoms with van der Waals surface area (Å²) in [4.78, 5) is 37.4. The van der Waals surface area contributed by atoms with E-state index in [1.165, 1.54) is 0 Å². The van der Waals surface area contributed by atoms with Gasteiger partial charge in [-0.15, -0.1) is 0 Å². The van der Waals surface area contributed by atoms with Crippen molar-refractivity contribution >= 4 is 23.5 Å². The number of carbonyl (C=O) groups excluding carboxylic acids is 3. The number of ether oxygens (including phenoxy) is 1. The minimum absolute atomic E-state index is 0.166. The first-order valence-corrected chi connectivity index (χ1v) is 9.30. The van der Waals surface area contributed by atoms with E-state index < -0.39 is 11.8 Å². The van der Waals surface area contributed by atoms with E-state index in [2.05, 4.69) is 16.0 Å². The van der Waals surface area contributed by atoms with Gasteiger partial charge in [0.05, 0.1) is 12.8 Å². The molecule has 1 aromatic rings. The molecule has 4 amide bonds. The first-order valence-electron chi connectivity index (χ1n) is 9.30. The molecule has 0 aliphatic carbocycles. The van der Waals surface area contributed by atoms with Crippen LogP contribution in [0.25, 0.3) is 0 Å². The lowest BCUT2D eigenvalue weighted by atomic mass is 9.97. The molecule has 0 atom stereocenters. The Balaban J connectivity index is 1.74. The Kier molecular flexibility index (Phi) is 7.91. The Morgan fingerprint density at radius 1 is 1.11 bits per heavy atom. The van der Waals surface area contributed by atoms with Gasteiger partial charge in [0.15, 0.2) is 0 Å². The van der Waals surface area contributed by atoms with Crippen molar-refractivity contribution in [1.82, 2.24) is 15.5 Å². The number of piperidine rings is 1. The number of para-hydroxylation sites is 2. The Hall–Kier alpha value is -2.77. The number of carbonyl (C=O) groups is 3. The van der Waals surface area contributed by atoms with E-state index in [0.29, 0.717) is 37.6 Å². The summed E-state index contributed by atoms with van der Waals surface area (Å²) in [5.74, 6) is -0.321. The molecule has 1 saturated heterocycles. The van der Waals surface area contributed by atoms with Crippen LogP contribution < -0.4 is 20.7 Å². The van der Waals surface area contributed by atoms with E-state index in [-0.39, 0.29) is 11.9 Å². The quantitative estimate of drug-likeness (QED) is 0.656. The zero-order chi connectivity index (χ0) is 19.6. The van der Waals surface area contributed by atoms with Crippen LogP contribution in [0.2, 0.25) is 0 Å². The highest BCUT2D eigenvalue weighted by Crippen LogP contribution is 2.24. The lowest BCUT2D eigenvalue weighted by molar-refractivity contribution is -0.139. The molecule has 0 aromatic heterocycles. The average molecular weight is 376 g/mol. The summed E-state index contributed by atoms with van der Waals surface area (Å²) in [7, 11) is 1.56. The fraction of sp³-hybridized carbons (Fsp3) is 0.526. The van der Waals surface area contributed by atoms with Crippen molar-refractivity contribution in [3.63, 3.8) is 0 Å². The molecule has 3 N–H and O–H groups in total. The zero-order valence-electron chi connectivity index (χ0n) is 15.9. The molecule has 1 aliphatic rings. The zero-order valence-corrected chi connectivity index (χ0v) is 15.9. The van der Waals surface area contributed by atoms with E-state index in [1.54, 1.807) is 24.1 Å². The fourth-order valence-electron chi connectivity index (χ4n) is 2.92. The number of hydrogen-bond acceptors (Lipinski definition) is 4. The van der Waals surface area contributed by atoms with Crippen molar-refractivity contribution < 1.29 is 19.1 Å². The molecule has 27 heavy (non-hydrogen) atoms. The van der Waals surface area contributed by atoms with Crippen LogP contribution >= 0.6 is 0 Å². The summed E-state index contributed by atoms with van der Waals surface area (Å²) in [6.07, 6.45) is 2.33. The lowest BCUT2D eigenvalue weighted by Gasteiger charge is -2.32. The van der Waals surface area contributed by atoms with Gasteiger partial charge in [-0.05, 0) is 37.3 Å². The molecule has 0 bridgehead atoms. The smallest absolute Gasteiger partial charge is 0.321 e. The van der Waals surface area contributed by atoms with E-state index in [4.69, 9.17) is 4.74 Å². The highest BCUT2D eigenvalue weighted by atomic mass is 16.5. The molecule has 8 heteroatoms. The van der Waals surface area contributed by atoms with Crippen LogP contribution in [0.15, 0.2) is 24.3 Å². The van der Waals surface area contributed by atoms with Crippen LogP contribution in [0.1, 0.15) is 26.2 Å². The summed E-state index contributed by atoms with van der Waals surface area (Å²) < 4.78 is 5.24. The number of likely N-dealkylation sites (tertiary alicyclic amines) is 1. The van der Waals surface area contributed by atoms with Crippen molar-refractivity contribution in [2.45, 2.75) is 26.2 Å². The van der Waals surface area contributed by atoms with Gasteiger partial charge in [0, 0.05) is 26.2 Å². The third-order valence-electron chi connectivity index (χ3n) is 4.54. The molecule has 0 saturated carbocycles. The summed E-state index contributed by atoms with van der Waals surface area (Å²) in [5.41, 5.74) is 0.637. The fourth-order valence-corrected chi connectivity index (χ4v) is 2.92. The molecule has 2 rings (SSSR count). The molecule has 1 heterocycles. The maximum absolute atomic E-state index is 12.4. The Bertz CT molecular complexity index is 657. The predicted molar refractivity (Wildman–Crippen MR) is 103 cm³/mol. The van der Waals surface area contributed by atoms with Crippen LogP contribution in [-0.2, 0) is 9.59 Å². The molecule has 1 fully saturated rings. The van der Waals surface area contributed by atoms with Crippen molar-refractivity contribution in [1.29, 1.82) is 0 Å². The number of nitrogens with one attached hydrogen (secondary N) is 3. The summed E-state index contributed by atoms with van der Waals surface area (Å²) in [6, 6.07) is 7.10. The van der Waals surface area contributed by atoms with Crippen molar-refractivity contribution in [2.75, 3.05) is 38.6 Å². The van der Waals surface area contributed by atoms with Gasteiger partial charge in [0.25, 0.3) is 0 Å². The second kappa shape index (κ2) is 10.4. The number of anilines is 1. The van der Waals surface area contributed by atoms with Gasteiger partial charge in [0.2, 0.25) is 0 Å². The van der Waals surface area contributed by atoms with Crippen molar-refractivity contribution in [2.24, 2.45) is 5.92 Å². The third kappa shape index (κ3) is 6.16. The van der Waals surface area contributed by atoms with Crippen LogP contribution in [0.3, 0.4) is 0 Å². The number of benzene rings is 1. The molecule has 0 spiro atoms. The molecular formula is C19H28N4O4. The van der Waals surface area contributed by atoms with Gasteiger partial charge in [-0.2, -0.15) is 0 Å². The summed E-state index contributed by atoms with van der Waals surface area (Å²) in [6.45, 7) is 4.06. The van der Waals surface area contributed by atoms with E-state index in [0.717, 1.165) is 19.3 Å². The van der Waals surface area contributed by atoms with Gasteiger partial charge in [-0.3, -0.25) is 9.59 Å².